The van der Waals surface area contributed by atoms with Crippen LogP contribution in [0.5, 0.6) is 0 Å². The fourth-order valence-electron chi connectivity index (χ4n) is 2.13. The van der Waals surface area contributed by atoms with E-state index in [1.165, 1.54) is 12.1 Å². The zero-order valence-electron chi connectivity index (χ0n) is 9.25. The van der Waals surface area contributed by atoms with Crippen LogP contribution in [0.15, 0.2) is 22.7 Å². The molecule has 92 valence electrons. The maximum Gasteiger partial charge on any atom is 0.229 e. The van der Waals surface area contributed by atoms with Crippen molar-refractivity contribution < 1.29 is 9.18 Å². The zero-order chi connectivity index (χ0) is 12.4. The minimum Gasteiger partial charge on any atom is -0.327 e. The summed E-state index contributed by atoms with van der Waals surface area (Å²) in [5.41, 5.74) is 6.31. The van der Waals surface area contributed by atoms with E-state index >= 15 is 0 Å². The second-order valence-electron chi connectivity index (χ2n) is 4.31. The van der Waals surface area contributed by atoms with Crippen molar-refractivity contribution >= 4 is 27.5 Å². The number of nitrogens with one attached hydrogen (secondary N) is 1. The number of carbonyl (C=O) groups is 1. The molecule has 0 saturated heterocycles. The molecule has 0 radical (unpaired) electrons. The third kappa shape index (κ3) is 2.84. The molecule has 0 bridgehead atoms. The summed E-state index contributed by atoms with van der Waals surface area (Å²) in [6.07, 6.45) is 2.66. The number of anilines is 1. The molecule has 0 aromatic heterocycles. The Labute approximate surface area is 108 Å². The lowest BCUT2D eigenvalue weighted by Gasteiger charge is -2.15. The smallest absolute Gasteiger partial charge is 0.229 e. The van der Waals surface area contributed by atoms with E-state index in [1.807, 2.05) is 0 Å². The van der Waals surface area contributed by atoms with Gasteiger partial charge in [-0.25, -0.2) is 4.39 Å². The van der Waals surface area contributed by atoms with Crippen LogP contribution in [0.3, 0.4) is 0 Å². The van der Waals surface area contributed by atoms with Gasteiger partial charge in [0.15, 0.2) is 0 Å². The number of benzene rings is 1. The van der Waals surface area contributed by atoms with Gasteiger partial charge >= 0.3 is 0 Å². The van der Waals surface area contributed by atoms with E-state index in [0.29, 0.717) is 10.2 Å². The summed E-state index contributed by atoms with van der Waals surface area (Å²) >= 11 is 3.27. The fourth-order valence-corrected chi connectivity index (χ4v) is 2.48. The Kier molecular flexibility index (Phi) is 3.79. The first-order valence-corrected chi connectivity index (χ1v) is 6.38. The molecular formula is C12H14BrFN2O. The minimum atomic E-state index is -0.376. The Bertz CT molecular complexity index is 439. The summed E-state index contributed by atoms with van der Waals surface area (Å²) in [5.74, 6) is -0.661. The lowest BCUT2D eigenvalue weighted by molar-refractivity contribution is -0.120. The first-order chi connectivity index (χ1) is 8.08. The van der Waals surface area contributed by atoms with Gasteiger partial charge in [0.1, 0.15) is 5.82 Å². The normalized spacial score (nSPS) is 23.7. The average molecular weight is 301 g/mol. The molecule has 3 N–H and O–H groups in total. The van der Waals surface area contributed by atoms with Crippen LogP contribution in [0.4, 0.5) is 10.1 Å². The highest BCUT2D eigenvalue weighted by molar-refractivity contribution is 9.10. The molecule has 0 heterocycles. The van der Waals surface area contributed by atoms with Crippen LogP contribution in [0.1, 0.15) is 19.3 Å². The Morgan fingerprint density at radius 1 is 1.47 bits per heavy atom. The van der Waals surface area contributed by atoms with Gasteiger partial charge in [0.05, 0.1) is 11.6 Å². The largest absolute Gasteiger partial charge is 0.327 e. The lowest BCUT2D eigenvalue weighted by Crippen LogP contribution is -2.34. The summed E-state index contributed by atoms with van der Waals surface area (Å²) in [6.45, 7) is 0. The van der Waals surface area contributed by atoms with Gasteiger partial charge in [-0.2, -0.15) is 0 Å². The highest BCUT2D eigenvalue weighted by Gasteiger charge is 2.30. The van der Waals surface area contributed by atoms with Gasteiger partial charge in [-0.1, -0.05) is 6.42 Å². The van der Waals surface area contributed by atoms with E-state index in [1.54, 1.807) is 6.07 Å². The summed E-state index contributed by atoms with van der Waals surface area (Å²) in [4.78, 5) is 12.0. The van der Waals surface area contributed by atoms with Gasteiger partial charge in [0.2, 0.25) is 5.91 Å². The topological polar surface area (TPSA) is 55.1 Å². The van der Waals surface area contributed by atoms with Gasteiger partial charge in [0, 0.05) is 10.5 Å². The molecule has 3 nitrogen and oxygen atoms in total. The molecule has 2 atom stereocenters. The van der Waals surface area contributed by atoms with Crippen LogP contribution in [0, 0.1) is 11.7 Å². The van der Waals surface area contributed by atoms with Gasteiger partial charge < -0.3 is 11.1 Å². The van der Waals surface area contributed by atoms with Crippen molar-refractivity contribution in [1.82, 2.24) is 0 Å². The van der Waals surface area contributed by atoms with E-state index in [2.05, 4.69) is 21.2 Å². The number of hydrogen-bond donors (Lipinski definition) is 2. The lowest BCUT2D eigenvalue weighted by atomic mass is 10.0. The minimum absolute atomic E-state index is 0.0812. The van der Waals surface area contributed by atoms with Crippen LogP contribution < -0.4 is 11.1 Å². The van der Waals surface area contributed by atoms with Crippen molar-refractivity contribution in [2.45, 2.75) is 25.3 Å². The molecule has 1 aliphatic carbocycles. The third-order valence-corrected chi connectivity index (χ3v) is 3.78. The number of hydrogen-bond acceptors (Lipinski definition) is 2. The standard InChI is InChI=1S/C12H14BrFN2O/c13-9-5-4-7(14)6-11(9)16-12(17)8-2-1-3-10(8)15/h4-6,8,10H,1-3,15H2,(H,16,17). The summed E-state index contributed by atoms with van der Waals surface area (Å²) in [5, 5.41) is 2.72. The van der Waals surface area contributed by atoms with Crippen molar-refractivity contribution in [1.29, 1.82) is 0 Å². The van der Waals surface area contributed by atoms with Crippen molar-refractivity contribution in [2.24, 2.45) is 11.7 Å². The summed E-state index contributed by atoms with van der Waals surface area (Å²) < 4.78 is 13.7. The van der Waals surface area contributed by atoms with Crippen LogP contribution in [0.25, 0.3) is 0 Å². The zero-order valence-corrected chi connectivity index (χ0v) is 10.8. The third-order valence-electron chi connectivity index (χ3n) is 3.09. The van der Waals surface area contributed by atoms with E-state index in [4.69, 9.17) is 5.73 Å². The first-order valence-electron chi connectivity index (χ1n) is 5.59. The first kappa shape index (κ1) is 12.5. The van der Waals surface area contributed by atoms with Crippen molar-refractivity contribution in [3.05, 3.63) is 28.5 Å². The predicted octanol–water partition coefficient (Wildman–Crippen LogP) is 2.65. The van der Waals surface area contributed by atoms with Crippen molar-refractivity contribution in [3.8, 4) is 0 Å². The molecule has 0 aliphatic heterocycles. The number of carbonyl (C=O) groups excluding carboxylic acids is 1. The molecule has 1 amide bonds. The SMILES string of the molecule is NC1CCCC1C(=O)Nc1cc(F)ccc1Br. The number of halogens is 2. The number of rotatable bonds is 2. The molecule has 5 heteroatoms. The van der Waals surface area contributed by atoms with E-state index in [0.717, 1.165) is 19.3 Å². The molecule has 1 aromatic rings. The Morgan fingerprint density at radius 2 is 2.24 bits per heavy atom. The monoisotopic (exact) mass is 300 g/mol. The average Bonchev–Trinajstić information content (AvgIpc) is 2.70. The van der Waals surface area contributed by atoms with Crippen LogP contribution in [-0.2, 0) is 4.79 Å². The van der Waals surface area contributed by atoms with Gasteiger partial charge in [-0.15, -0.1) is 0 Å². The molecule has 17 heavy (non-hydrogen) atoms. The van der Waals surface area contributed by atoms with Gasteiger partial charge in [-0.3, -0.25) is 4.79 Å². The molecule has 2 unspecified atom stereocenters. The van der Waals surface area contributed by atoms with Crippen LogP contribution in [0.2, 0.25) is 0 Å². The molecule has 1 saturated carbocycles. The Hall–Kier alpha value is -0.940. The number of amides is 1. The van der Waals surface area contributed by atoms with Crippen molar-refractivity contribution in [3.63, 3.8) is 0 Å². The quantitative estimate of drug-likeness (QED) is 0.882. The second-order valence-corrected chi connectivity index (χ2v) is 5.17. The van der Waals surface area contributed by atoms with E-state index < -0.39 is 0 Å². The second kappa shape index (κ2) is 5.14. The Morgan fingerprint density at radius 3 is 2.88 bits per heavy atom. The van der Waals surface area contributed by atoms with Gasteiger partial charge in [-0.05, 0) is 47.0 Å². The van der Waals surface area contributed by atoms with Gasteiger partial charge in [0.25, 0.3) is 0 Å². The molecule has 1 aromatic carbocycles. The van der Waals surface area contributed by atoms with Crippen LogP contribution >= 0.6 is 15.9 Å². The van der Waals surface area contributed by atoms with Crippen LogP contribution in [-0.4, -0.2) is 11.9 Å². The van der Waals surface area contributed by atoms with E-state index in [9.17, 15) is 9.18 Å². The van der Waals surface area contributed by atoms with E-state index in [-0.39, 0.29) is 23.7 Å². The number of nitrogens with two attached hydrogens (primary N) is 1. The summed E-state index contributed by atoms with van der Waals surface area (Å²) in [6, 6.07) is 4.12. The maximum absolute atomic E-state index is 13.1. The predicted molar refractivity (Wildman–Crippen MR) is 68.0 cm³/mol. The highest BCUT2D eigenvalue weighted by Crippen LogP contribution is 2.28. The molecule has 0 spiro atoms. The molecule has 1 fully saturated rings. The Balaban J connectivity index is 2.10. The maximum atomic E-state index is 13.1. The van der Waals surface area contributed by atoms with Crippen molar-refractivity contribution in [2.75, 3.05) is 5.32 Å². The molecule has 1 aliphatic rings. The molecular weight excluding hydrogens is 287 g/mol. The fraction of sp³-hybridized carbons (Fsp3) is 0.417. The highest BCUT2D eigenvalue weighted by atomic mass is 79.9. The summed E-state index contributed by atoms with van der Waals surface area (Å²) in [7, 11) is 0. The molecule has 2 rings (SSSR count).